The summed E-state index contributed by atoms with van der Waals surface area (Å²) < 4.78 is 85.6. The van der Waals surface area contributed by atoms with Gasteiger partial charge in [-0.25, -0.2) is 0 Å². The van der Waals surface area contributed by atoms with E-state index in [1.165, 1.54) is 6.07 Å². The lowest BCUT2D eigenvalue weighted by Crippen LogP contribution is -2.13. The van der Waals surface area contributed by atoms with Gasteiger partial charge in [-0.05, 0) is 36.2 Å². The molecule has 0 radical (unpaired) electrons. The van der Waals surface area contributed by atoms with Crippen LogP contribution in [0, 0.1) is 0 Å². The van der Waals surface area contributed by atoms with Crippen molar-refractivity contribution in [1.29, 1.82) is 0 Å². The number of hydrogen-bond donors (Lipinski definition) is 0. The Hall–Kier alpha value is -1.77. The van der Waals surface area contributed by atoms with Crippen LogP contribution in [-0.2, 0) is 17.7 Å². The molecule has 142 valence electrons. The molecule has 1 heterocycles. The third kappa shape index (κ3) is 4.69. The summed E-state index contributed by atoms with van der Waals surface area (Å²) in [5.74, 6) is -0.0615. The fraction of sp³-hybridized carbons (Fsp3) is 0.353. The fourth-order valence-corrected chi connectivity index (χ4v) is 2.59. The lowest BCUT2D eigenvalue weighted by molar-refractivity contribution is -0.139. The average Bonchev–Trinajstić information content (AvgIpc) is 2.57. The zero-order valence-electron chi connectivity index (χ0n) is 13.5. The molecule has 9 heteroatoms. The maximum Gasteiger partial charge on any atom is 0.418 e. The number of nitrogens with zero attached hydrogens (tertiary/aromatic N) is 1. The molecule has 0 fully saturated rings. The molecule has 0 aliphatic heterocycles. The van der Waals surface area contributed by atoms with Crippen molar-refractivity contribution < 1.29 is 31.1 Å². The molecule has 0 saturated heterocycles. The second kappa shape index (κ2) is 7.85. The van der Waals surface area contributed by atoms with Gasteiger partial charge in [-0.15, -0.1) is 0 Å². The van der Waals surface area contributed by atoms with E-state index in [1.807, 2.05) is 0 Å². The standard InChI is InChI=1S/C17H14BrF6NO/c1-2-5-26-11-3-4-12(13(7-11)16(19,20)21)15-14(17(22,23)24)6-10(8-18)9-25-15/h3-4,6-7,9H,2,5,8H2,1H3. The van der Waals surface area contributed by atoms with Crippen molar-refractivity contribution in [3.63, 3.8) is 0 Å². The van der Waals surface area contributed by atoms with Crippen LogP contribution in [0.4, 0.5) is 26.3 Å². The zero-order chi connectivity index (χ0) is 19.5. The Balaban J connectivity index is 2.68. The summed E-state index contributed by atoms with van der Waals surface area (Å²) in [6.07, 6.45) is -8.02. The van der Waals surface area contributed by atoms with E-state index in [-0.39, 0.29) is 23.2 Å². The van der Waals surface area contributed by atoms with Crippen molar-refractivity contribution in [2.75, 3.05) is 6.61 Å². The van der Waals surface area contributed by atoms with Crippen LogP contribution in [0.5, 0.6) is 5.75 Å². The van der Waals surface area contributed by atoms with Gasteiger partial charge in [-0.3, -0.25) is 4.98 Å². The number of rotatable bonds is 5. The van der Waals surface area contributed by atoms with E-state index in [4.69, 9.17) is 4.74 Å². The Morgan fingerprint density at radius 1 is 1.00 bits per heavy atom. The van der Waals surface area contributed by atoms with E-state index in [0.29, 0.717) is 12.5 Å². The molecule has 0 amide bonds. The average molecular weight is 442 g/mol. The third-order valence-corrected chi connectivity index (χ3v) is 4.08. The molecule has 0 N–H and O–H groups in total. The van der Waals surface area contributed by atoms with Crippen molar-refractivity contribution in [3.05, 3.63) is 47.2 Å². The summed E-state index contributed by atoms with van der Waals surface area (Å²) in [6, 6.07) is 3.66. The lowest BCUT2D eigenvalue weighted by atomic mass is 9.98. The van der Waals surface area contributed by atoms with Crippen molar-refractivity contribution in [2.45, 2.75) is 31.0 Å². The molecule has 0 aliphatic rings. The molecule has 0 atom stereocenters. The van der Waals surface area contributed by atoms with Crippen LogP contribution in [0.25, 0.3) is 11.3 Å². The smallest absolute Gasteiger partial charge is 0.418 e. The Kier molecular flexibility index (Phi) is 6.21. The topological polar surface area (TPSA) is 22.1 Å². The summed E-state index contributed by atoms with van der Waals surface area (Å²) in [4.78, 5) is 3.66. The van der Waals surface area contributed by atoms with Crippen LogP contribution in [-0.4, -0.2) is 11.6 Å². The molecule has 2 nitrogen and oxygen atoms in total. The first kappa shape index (κ1) is 20.5. The molecular weight excluding hydrogens is 428 g/mol. The van der Waals surface area contributed by atoms with E-state index in [0.717, 1.165) is 18.3 Å². The van der Waals surface area contributed by atoms with Crippen LogP contribution in [0.1, 0.15) is 30.0 Å². The lowest BCUT2D eigenvalue weighted by Gasteiger charge is -2.18. The fourth-order valence-electron chi connectivity index (χ4n) is 2.29. The highest BCUT2D eigenvalue weighted by molar-refractivity contribution is 9.08. The normalized spacial score (nSPS) is 12.3. The number of halogens is 7. The molecule has 0 spiro atoms. The molecule has 1 aromatic heterocycles. The molecule has 0 saturated carbocycles. The van der Waals surface area contributed by atoms with Crippen LogP contribution in [0.3, 0.4) is 0 Å². The van der Waals surface area contributed by atoms with Gasteiger partial charge in [-0.2, -0.15) is 26.3 Å². The predicted molar refractivity (Wildman–Crippen MR) is 88.1 cm³/mol. The minimum Gasteiger partial charge on any atom is -0.494 e. The molecule has 2 rings (SSSR count). The van der Waals surface area contributed by atoms with Gasteiger partial charge in [0.15, 0.2) is 0 Å². The first-order chi connectivity index (χ1) is 12.1. The number of alkyl halides is 7. The monoisotopic (exact) mass is 441 g/mol. The van der Waals surface area contributed by atoms with Crippen molar-refractivity contribution >= 4 is 15.9 Å². The SMILES string of the molecule is CCCOc1ccc(-c2ncc(CBr)cc2C(F)(F)F)c(C(F)(F)F)c1. The first-order valence-electron chi connectivity index (χ1n) is 7.54. The molecular formula is C17H14BrF6NO. The predicted octanol–water partition coefficient (Wildman–Crippen LogP) is 6.47. The summed E-state index contributed by atoms with van der Waals surface area (Å²) in [5.41, 5.74) is -3.65. The van der Waals surface area contributed by atoms with Gasteiger partial charge >= 0.3 is 12.4 Å². The Morgan fingerprint density at radius 2 is 1.65 bits per heavy atom. The molecule has 0 bridgehead atoms. The van der Waals surface area contributed by atoms with Gasteiger partial charge in [0.05, 0.1) is 23.4 Å². The van der Waals surface area contributed by atoms with E-state index in [9.17, 15) is 26.3 Å². The number of hydrogen-bond acceptors (Lipinski definition) is 2. The zero-order valence-corrected chi connectivity index (χ0v) is 15.1. The van der Waals surface area contributed by atoms with E-state index < -0.39 is 34.7 Å². The third-order valence-electron chi connectivity index (χ3n) is 3.43. The maximum absolute atomic E-state index is 13.4. The second-order valence-electron chi connectivity index (χ2n) is 5.42. The molecule has 2 aromatic rings. The number of ether oxygens (including phenoxy) is 1. The quantitative estimate of drug-likeness (QED) is 0.391. The van der Waals surface area contributed by atoms with Gasteiger partial charge in [0.1, 0.15) is 5.75 Å². The highest BCUT2D eigenvalue weighted by Gasteiger charge is 2.39. The van der Waals surface area contributed by atoms with Gasteiger partial charge in [0.2, 0.25) is 0 Å². The number of aromatic nitrogens is 1. The maximum atomic E-state index is 13.4. The molecule has 0 unspecified atom stereocenters. The van der Waals surface area contributed by atoms with Crippen LogP contribution in [0.2, 0.25) is 0 Å². The van der Waals surface area contributed by atoms with E-state index in [1.54, 1.807) is 6.92 Å². The number of benzene rings is 1. The highest BCUT2D eigenvalue weighted by atomic mass is 79.9. The van der Waals surface area contributed by atoms with Gasteiger partial charge in [0, 0.05) is 17.1 Å². The summed E-state index contributed by atoms with van der Waals surface area (Å²) in [7, 11) is 0. The summed E-state index contributed by atoms with van der Waals surface area (Å²) in [6.45, 7) is 1.98. The van der Waals surface area contributed by atoms with E-state index in [2.05, 4.69) is 20.9 Å². The van der Waals surface area contributed by atoms with Gasteiger partial charge in [-0.1, -0.05) is 22.9 Å². The summed E-state index contributed by atoms with van der Waals surface area (Å²) in [5, 5.41) is 0.0965. The van der Waals surface area contributed by atoms with Crippen molar-refractivity contribution in [2.24, 2.45) is 0 Å². The van der Waals surface area contributed by atoms with Gasteiger partial charge in [0.25, 0.3) is 0 Å². The Bertz CT molecular complexity index is 773. The Morgan fingerprint density at radius 3 is 2.19 bits per heavy atom. The molecule has 1 aromatic carbocycles. The molecule has 26 heavy (non-hydrogen) atoms. The summed E-state index contributed by atoms with van der Waals surface area (Å²) >= 11 is 3.02. The van der Waals surface area contributed by atoms with Crippen LogP contribution in [0.15, 0.2) is 30.5 Å². The van der Waals surface area contributed by atoms with Crippen LogP contribution >= 0.6 is 15.9 Å². The highest BCUT2D eigenvalue weighted by Crippen LogP contribution is 2.43. The minimum absolute atomic E-state index is 0.0615. The molecule has 0 aliphatic carbocycles. The van der Waals surface area contributed by atoms with Crippen LogP contribution < -0.4 is 4.74 Å². The largest absolute Gasteiger partial charge is 0.494 e. The minimum atomic E-state index is -4.86. The van der Waals surface area contributed by atoms with E-state index >= 15 is 0 Å². The van der Waals surface area contributed by atoms with Gasteiger partial charge < -0.3 is 4.74 Å². The second-order valence-corrected chi connectivity index (χ2v) is 5.99. The number of pyridine rings is 1. The van der Waals surface area contributed by atoms with Crippen molar-refractivity contribution in [3.8, 4) is 17.0 Å². The van der Waals surface area contributed by atoms with Crippen molar-refractivity contribution in [1.82, 2.24) is 4.98 Å². The Labute approximate surface area is 154 Å². The first-order valence-corrected chi connectivity index (χ1v) is 8.66.